The van der Waals surface area contributed by atoms with E-state index in [2.05, 4.69) is 11.9 Å². The summed E-state index contributed by atoms with van der Waals surface area (Å²) in [5, 5.41) is 2.76. The molecule has 0 aliphatic heterocycles. The SMILES string of the molecule is C=CCN(CCNC(=O)CCC)C(C)=O. The Morgan fingerprint density at radius 2 is 2.13 bits per heavy atom. The zero-order valence-corrected chi connectivity index (χ0v) is 9.58. The highest BCUT2D eigenvalue weighted by Gasteiger charge is 2.06. The van der Waals surface area contributed by atoms with Crippen LogP contribution in [0.5, 0.6) is 0 Å². The number of rotatable bonds is 7. The summed E-state index contributed by atoms with van der Waals surface area (Å²) in [6, 6.07) is 0. The first kappa shape index (κ1) is 13.7. The van der Waals surface area contributed by atoms with Gasteiger partial charge < -0.3 is 10.2 Å². The minimum absolute atomic E-state index is 0.000333. The molecule has 0 aromatic carbocycles. The van der Waals surface area contributed by atoms with Gasteiger partial charge in [0, 0.05) is 33.0 Å². The van der Waals surface area contributed by atoms with E-state index in [1.807, 2.05) is 6.92 Å². The molecule has 15 heavy (non-hydrogen) atoms. The van der Waals surface area contributed by atoms with Crippen molar-refractivity contribution < 1.29 is 9.59 Å². The van der Waals surface area contributed by atoms with Gasteiger partial charge in [0.25, 0.3) is 0 Å². The largest absolute Gasteiger partial charge is 0.354 e. The first-order valence-electron chi connectivity index (χ1n) is 5.25. The van der Waals surface area contributed by atoms with Gasteiger partial charge in [0.1, 0.15) is 0 Å². The van der Waals surface area contributed by atoms with Crippen molar-refractivity contribution in [3.8, 4) is 0 Å². The summed E-state index contributed by atoms with van der Waals surface area (Å²) in [5.74, 6) is 0.0410. The zero-order chi connectivity index (χ0) is 11.7. The molecule has 0 spiro atoms. The highest BCUT2D eigenvalue weighted by molar-refractivity contribution is 5.76. The molecule has 0 rings (SSSR count). The van der Waals surface area contributed by atoms with Gasteiger partial charge in [-0.05, 0) is 6.42 Å². The van der Waals surface area contributed by atoms with E-state index in [0.29, 0.717) is 26.1 Å². The molecule has 4 nitrogen and oxygen atoms in total. The Kier molecular flexibility index (Phi) is 7.32. The number of hydrogen-bond acceptors (Lipinski definition) is 2. The van der Waals surface area contributed by atoms with Crippen molar-refractivity contribution in [3.63, 3.8) is 0 Å². The molecular weight excluding hydrogens is 192 g/mol. The minimum atomic E-state index is -0.000333. The van der Waals surface area contributed by atoms with E-state index >= 15 is 0 Å². The molecule has 2 amide bonds. The van der Waals surface area contributed by atoms with Crippen molar-refractivity contribution >= 4 is 11.8 Å². The minimum Gasteiger partial charge on any atom is -0.354 e. The number of amides is 2. The lowest BCUT2D eigenvalue weighted by molar-refractivity contribution is -0.129. The summed E-state index contributed by atoms with van der Waals surface area (Å²) in [7, 11) is 0. The van der Waals surface area contributed by atoms with Crippen LogP contribution in [0, 0.1) is 0 Å². The lowest BCUT2D eigenvalue weighted by Gasteiger charge is -2.19. The number of carbonyl (C=O) groups is 2. The highest BCUT2D eigenvalue weighted by Crippen LogP contribution is 1.90. The molecule has 0 radical (unpaired) electrons. The van der Waals surface area contributed by atoms with Gasteiger partial charge in [-0.2, -0.15) is 0 Å². The fourth-order valence-corrected chi connectivity index (χ4v) is 1.18. The van der Waals surface area contributed by atoms with Crippen LogP contribution in [0.1, 0.15) is 26.7 Å². The van der Waals surface area contributed by atoms with E-state index in [9.17, 15) is 9.59 Å². The van der Waals surface area contributed by atoms with E-state index < -0.39 is 0 Å². The van der Waals surface area contributed by atoms with Crippen molar-refractivity contribution in [3.05, 3.63) is 12.7 Å². The van der Waals surface area contributed by atoms with Crippen molar-refractivity contribution in [2.45, 2.75) is 26.7 Å². The molecule has 0 fully saturated rings. The maximum absolute atomic E-state index is 11.1. The maximum atomic E-state index is 11.1. The topological polar surface area (TPSA) is 49.4 Å². The first-order chi connectivity index (χ1) is 7.11. The van der Waals surface area contributed by atoms with Gasteiger partial charge in [-0.25, -0.2) is 0 Å². The second kappa shape index (κ2) is 8.03. The van der Waals surface area contributed by atoms with Crippen LogP contribution in [0.15, 0.2) is 12.7 Å². The molecule has 0 aromatic heterocycles. The second-order valence-electron chi connectivity index (χ2n) is 3.35. The summed E-state index contributed by atoms with van der Waals surface area (Å²) in [4.78, 5) is 23.9. The predicted octanol–water partition coefficient (Wildman–Crippen LogP) is 0.937. The summed E-state index contributed by atoms with van der Waals surface area (Å²) in [6.45, 7) is 8.61. The van der Waals surface area contributed by atoms with E-state index in [4.69, 9.17) is 0 Å². The van der Waals surface area contributed by atoms with Crippen LogP contribution in [0.4, 0.5) is 0 Å². The van der Waals surface area contributed by atoms with E-state index in [0.717, 1.165) is 6.42 Å². The van der Waals surface area contributed by atoms with Gasteiger partial charge in [0.05, 0.1) is 0 Å². The number of nitrogens with one attached hydrogen (secondary N) is 1. The van der Waals surface area contributed by atoms with Crippen LogP contribution in [0.2, 0.25) is 0 Å². The standard InChI is InChI=1S/C11H20N2O2/c1-4-6-11(15)12-7-9-13(8-5-2)10(3)14/h5H,2,4,6-9H2,1,3H3,(H,12,15). The summed E-state index contributed by atoms with van der Waals surface area (Å²) >= 11 is 0. The van der Waals surface area contributed by atoms with E-state index in [1.165, 1.54) is 6.92 Å². The highest BCUT2D eigenvalue weighted by atomic mass is 16.2. The van der Waals surface area contributed by atoms with Gasteiger partial charge in [0.15, 0.2) is 0 Å². The van der Waals surface area contributed by atoms with Gasteiger partial charge in [0.2, 0.25) is 11.8 Å². The number of hydrogen-bond donors (Lipinski definition) is 1. The Balaban J connectivity index is 3.75. The van der Waals surface area contributed by atoms with Crippen LogP contribution in [-0.2, 0) is 9.59 Å². The molecule has 1 N–H and O–H groups in total. The van der Waals surface area contributed by atoms with Crippen LogP contribution < -0.4 is 5.32 Å². The molecule has 4 heteroatoms. The molecule has 0 unspecified atom stereocenters. The molecule has 0 atom stereocenters. The molecule has 86 valence electrons. The Hall–Kier alpha value is -1.32. The summed E-state index contributed by atoms with van der Waals surface area (Å²) in [5.41, 5.74) is 0. The number of carbonyl (C=O) groups excluding carboxylic acids is 2. The third-order valence-electron chi connectivity index (χ3n) is 1.98. The third kappa shape index (κ3) is 6.71. The van der Waals surface area contributed by atoms with Gasteiger partial charge in [-0.3, -0.25) is 9.59 Å². The Morgan fingerprint density at radius 1 is 1.47 bits per heavy atom. The molecular formula is C11H20N2O2. The lowest BCUT2D eigenvalue weighted by atomic mass is 10.3. The zero-order valence-electron chi connectivity index (χ0n) is 9.58. The monoisotopic (exact) mass is 212 g/mol. The average Bonchev–Trinajstić information content (AvgIpc) is 2.16. The molecule has 0 aliphatic carbocycles. The predicted molar refractivity (Wildman–Crippen MR) is 60.4 cm³/mol. The average molecular weight is 212 g/mol. The fraction of sp³-hybridized carbons (Fsp3) is 0.636. The number of nitrogens with zero attached hydrogens (tertiary/aromatic N) is 1. The van der Waals surface area contributed by atoms with E-state index in [1.54, 1.807) is 11.0 Å². The van der Waals surface area contributed by atoms with Crippen LogP contribution in [0.25, 0.3) is 0 Å². The van der Waals surface area contributed by atoms with E-state index in [-0.39, 0.29) is 11.8 Å². The third-order valence-corrected chi connectivity index (χ3v) is 1.98. The Morgan fingerprint density at radius 3 is 2.60 bits per heavy atom. The van der Waals surface area contributed by atoms with Gasteiger partial charge >= 0.3 is 0 Å². The maximum Gasteiger partial charge on any atom is 0.220 e. The molecule has 0 heterocycles. The molecule has 0 saturated carbocycles. The molecule has 0 aliphatic rings. The first-order valence-corrected chi connectivity index (χ1v) is 5.25. The van der Waals surface area contributed by atoms with Crippen molar-refractivity contribution in [2.75, 3.05) is 19.6 Å². The lowest BCUT2D eigenvalue weighted by Crippen LogP contribution is -2.37. The molecule has 0 aromatic rings. The summed E-state index contributed by atoms with van der Waals surface area (Å²) in [6.07, 6.45) is 3.06. The second-order valence-corrected chi connectivity index (χ2v) is 3.35. The summed E-state index contributed by atoms with van der Waals surface area (Å²) < 4.78 is 0. The van der Waals surface area contributed by atoms with Crippen molar-refractivity contribution in [1.82, 2.24) is 10.2 Å². The molecule has 0 saturated heterocycles. The quantitative estimate of drug-likeness (QED) is 0.638. The Labute approximate surface area is 91.3 Å². The normalized spacial score (nSPS) is 9.47. The van der Waals surface area contributed by atoms with Crippen LogP contribution >= 0.6 is 0 Å². The van der Waals surface area contributed by atoms with Crippen molar-refractivity contribution in [2.24, 2.45) is 0 Å². The fourth-order valence-electron chi connectivity index (χ4n) is 1.18. The Bertz CT molecular complexity index is 227. The smallest absolute Gasteiger partial charge is 0.220 e. The van der Waals surface area contributed by atoms with Crippen LogP contribution in [-0.4, -0.2) is 36.3 Å². The van der Waals surface area contributed by atoms with Gasteiger partial charge in [-0.1, -0.05) is 13.0 Å². The molecule has 0 bridgehead atoms. The van der Waals surface area contributed by atoms with Crippen molar-refractivity contribution in [1.29, 1.82) is 0 Å². The van der Waals surface area contributed by atoms with Gasteiger partial charge in [-0.15, -0.1) is 6.58 Å². The van der Waals surface area contributed by atoms with Crippen LogP contribution in [0.3, 0.4) is 0 Å².